The standard InChI is InChI=1S/C36H31NO7/c38-17-18-44-29-14-8-7-13-24(29)32-23-15-16-25-31(35(42)37(43)34(25)41)27(23)19-28-33(40)26(21-9-3-1-4-10-21)20-30(39)36(28,32)22-11-5-2-6-12-22/h1-15,20,25,27-28,31-32,38,43H,16-19H2. The molecule has 222 valence electrons. The number of ketones is 2. The SMILES string of the molecule is O=C1C(c2ccccc2)=CC(=O)C2(c3ccccc3)C1CC1C(=CCC3C(=O)N(O)C(=O)C31)C2c1ccccc1OCCO. The van der Waals surface area contributed by atoms with Crippen LogP contribution in [0.25, 0.3) is 5.57 Å². The Hall–Kier alpha value is -4.66. The topological polar surface area (TPSA) is 121 Å². The van der Waals surface area contributed by atoms with Crippen LogP contribution in [0.3, 0.4) is 0 Å². The molecule has 8 nitrogen and oxygen atoms in total. The molecular formula is C36H31NO7. The highest BCUT2D eigenvalue weighted by Gasteiger charge is 2.66. The normalized spacial score (nSPS) is 29.4. The van der Waals surface area contributed by atoms with E-state index < -0.39 is 46.8 Å². The van der Waals surface area contributed by atoms with Gasteiger partial charge in [-0.2, -0.15) is 5.06 Å². The Labute approximate surface area is 254 Å². The number of ether oxygens (including phenoxy) is 1. The molecule has 1 saturated heterocycles. The van der Waals surface area contributed by atoms with Gasteiger partial charge in [-0.1, -0.05) is 90.5 Å². The second kappa shape index (κ2) is 10.8. The van der Waals surface area contributed by atoms with Gasteiger partial charge in [0.15, 0.2) is 11.6 Å². The van der Waals surface area contributed by atoms with E-state index in [1.165, 1.54) is 6.08 Å². The Balaban J connectivity index is 1.53. The molecular weight excluding hydrogens is 558 g/mol. The highest BCUT2D eigenvalue weighted by Crippen LogP contribution is 2.64. The number of carbonyl (C=O) groups is 4. The van der Waals surface area contributed by atoms with Gasteiger partial charge in [-0.3, -0.25) is 24.4 Å². The first kappa shape index (κ1) is 28.1. The van der Waals surface area contributed by atoms with E-state index >= 15 is 0 Å². The van der Waals surface area contributed by atoms with Gasteiger partial charge in [0.25, 0.3) is 11.8 Å². The number of Topliss-reactive ketones (excluding diaryl/α,β-unsaturated/α-hetero) is 1. The molecule has 3 aromatic rings. The molecule has 8 heteroatoms. The highest BCUT2D eigenvalue weighted by atomic mass is 16.5. The van der Waals surface area contributed by atoms with Crippen molar-refractivity contribution in [2.75, 3.05) is 13.2 Å². The molecule has 0 radical (unpaired) electrons. The van der Waals surface area contributed by atoms with Crippen LogP contribution in [-0.4, -0.2) is 52.0 Å². The zero-order chi connectivity index (χ0) is 30.6. The monoisotopic (exact) mass is 589 g/mol. The van der Waals surface area contributed by atoms with Crippen LogP contribution >= 0.6 is 0 Å². The van der Waals surface area contributed by atoms with Gasteiger partial charge >= 0.3 is 0 Å². The molecule has 2 fully saturated rings. The predicted molar refractivity (Wildman–Crippen MR) is 159 cm³/mol. The molecule has 0 spiro atoms. The smallest absolute Gasteiger partial charge is 0.257 e. The predicted octanol–water partition coefficient (Wildman–Crippen LogP) is 4.27. The molecule has 2 amide bonds. The van der Waals surface area contributed by atoms with Crippen molar-refractivity contribution in [3.8, 4) is 5.75 Å². The summed E-state index contributed by atoms with van der Waals surface area (Å²) in [6, 6.07) is 25.7. The van der Waals surface area contributed by atoms with Crippen LogP contribution in [0.5, 0.6) is 5.75 Å². The van der Waals surface area contributed by atoms with Crippen molar-refractivity contribution in [2.24, 2.45) is 23.7 Å². The maximum Gasteiger partial charge on any atom is 0.257 e. The van der Waals surface area contributed by atoms with Crippen LogP contribution in [-0.2, 0) is 24.6 Å². The Morgan fingerprint density at radius 2 is 1.52 bits per heavy atom. The lowest BCUT2D eigenvalue weighted by atomic mass is 9.44. The first-order valence-corrected chi connectivity index (χ1v) is 14.9. The van der Waals surface area contributed by atoms with Gasteiger partial charge in [-0.25, -0.2) is 0 Å². The summed E-state index contributed by atoms with van der Waals surface area (Å²) in [4.78, 5) is 56.1. The number of amides is 2. The average Bonchev–Trinajstić information content (AvgIpc) is 3.29. The zero-order valence-corrected chi connectivity index (χ0v) is 23.8. The van der Waals surface area contributed by atoms with E-state index in [1.54, 1.807) is 24.3 Å². The molecule has 1 saturated carbocycles. The molecule has 44 heavy (non-hydrogen) atoms. The number of nitrogens with zero attached hydrogens (tertiary/aromatic N) is 1. The molecule has 1 heterocycles. The third kappa shape index (κ3) is 3.98. The first-order valence-electron chi connectivity index (χ1n) is 14.9. The second-order valence-electron chi connectivity index (χ2n) is 11.9. The van der Waals surface area contributed by atoms with Crippen molar-refractivity contribution in [1.82, 2.24) is 5.06 Å². The van der Waals surface area contributed by atoms with E-state index in [2.05, 4.69) is 0 Å². The Morgan fingerprint density at radius 1 is 0.841 bits per heavy atom. The lowest BCUT2D eigenvalue weighted by molar-refractivity contribution is -0.173. The van der Waals surface area contributed by atoms with Crippen LogP contribution < -0.4 is 4.74 Å². The number of fused-ring (bicyclic) bond motifs is 4. The molecule has 3 aliphatic carbocycles. The minimum Gasteiger partial charge on any atom is -0.491 e. The first-order chi connectivity index (χ1) is 21.4. The molecule has 4 aliphatic rings. The number of hydrogen-bond donors (Lipinski definition) is 2. The van der Waals surface area contributed by atoms with Crippen LogP contribution in [0.2, 0.25) is 0 Å². The molecule has 2 N–H and O–H groups in total. The van der Waals surface area contributed by atoms with E-state index in [1.807, 2.05) is 66.7 Å². The summed E-state index contributed by atoms with van der Waals surface area (Å²) in [6.07, 6.45) is 3.77. The molecule has 6 unspecified atom stereocenters. The molecule has 3 aromatic carbocycles. The minimum absolute atomic E-state index is 0.0239. The molecule has 0 bridgehead atoms. The Kier molecular flexibility index (Phi) is 6.91. The lowest BCUT2D eigenvalue weighted by Gasteiger charge is -2.55. The maximum absolute atomic E-state index is 15.0. The van der Waals surface area contributed by atoms with E-state index in [4.69, 9.17) is 4.74 Å². The number of aliphatic hydroxyl groups is 1. The number of hydrogen-bond acceptors (Lipinski definition) is 7. The highest BCUT2D eigenvalue weighted by molar-refractivity contribution is 6.31. The van der Waals surface area contributed by atoms with Crippen LogP contribution in [0.4, 0.5) is 0 Å². The second-order valence-corrected chi connectivity index (χ2v) is 11.9. The van der Waals surface area contributed by atoms with Crippen molar-refractivity contribution in [1.29, 1.82) is 0 Å². The van der Waals surface area contributed by atoms with Crippen LogP contribution in [0, 0.1) is 23.7 Å². The van der Waals surface area contributed by atoms with Crippen LogP contribution in [0.1, 0.15) is 35.4 Å². The van der Waals surface area contributed by atoms with Crippen molar-refractivity contribution >= 4 is 29.0 Å². The van der Waals surface area contributed by atoms with Gasteiger partial charge in [0.2, 0.25) is 0 Å². The summed E-state index contributed by atoms with van der Waals surface area (Å²) < 4.78 is 6.02. The van der Waals surface area contributed by atoms with Crippen molar-refractivity contribution in [2.45, 2.75) is 24.2 Å². The van der Waals surface area contributed by atoms with E-state index in [0.29, 0.717) is 28.0 Å². The summed E-state index contributed by atoms with van der Waals surface area (Å²) in [5.41, 5.74) is 1.67. The summed E-state index contributed by atoms with van der Waals surface area (Å²) in [6.45, 7) is -0.194. The summed E-state index contributed by atoms with van der Waals surface area (Å²) in [5, 5.41) is 20.2. The van der Waals surface area contributed by atoms with Crippen molar-refractivity contribution in [3.63, 3.8) is 0 Å². The summed E-state index contributed by atoms with van der Waals surface area (Å²) in [5.74, 6) is -5.10. The van der Waals surface area contributed by atoms with E-state index in [9.17, 15) is 29.5 Å². The zero-order valence-electron chi connectivity index (χ0n) is 23.8. The van der Waals surface area contributed by atoms with E-state index in [0.717, 1.165) is 5.57 Å². The van der Waals surface area contributed by atoms with Gasteiger partial charge in [-0.05, 0) is 42.0 Å². The van der Waals surface area contributed by atoms with Crippen molar-refractivity contribution < 1.29 is 34.2 Å². The Morgan fingerprint density at radius 3 is 2.25 bits per heavy atom. The largest absolute Gasteiger partial charge is 0.491 e. The average molecular weight is 590 g/mol. The minimum atomic E-state index is -1.38. The van der Waals surface area contributed by atoms with E-state index in [-0.39, 0.29) is 42.7 Å². The van der Waals surface area contributed by atoms with Gasteiger partial charge in [0, 0.05) is 23.0 Å². The number of rotatable bonds is 6. The van der Waals surface area contributed by atoms with Crippen molar-refractivity contribution in [3.05, 3.63) is 119 Å². The van der Waals surface area contributed by atoms with Gasteiger partial charge in [0.05, 0.1) is 23.9 Å². The third-order valence-corrected chi connectivity index (χ3v) is 9.93. The molecule has 6 atom stereocenters. The third-order valence-electron chi connectivity index (χ3n) is 9.93. The van der Waals surface area contributed by atoms with Crippen LogP contribution in [0.15, 0.2) is 103 Å². The lowest BCUT2D eigenvalue weighted by Crippen LogP contribution is -2.58. The quantitative estimate of drug-likeness (QED) is 0.250. The molecule has 0 aromatic heterocycles. The number of allylic oxidation sites excluding steroid dienone is 4. The molecule has 1 aliphatic heterocycles. The van der Waals surface area contributed by atoms with Gasteiger partial charge < -0.3 is 9.84 Å². The Bertz CT molecular complexity index is 1730. The number of aliphatic hydroxyl groups excluding tert-OH is 1. The number of para-hydroxylation sites is 1. The fraction of sp³-hybridized carbons (Fsp3) is 0.278. The number of carbonyl (C=O) groups excluding carboxylic acids is 4. The van der Waals surface area contributed by atoms with Gasteiger partial charge in [0.1, 0.15) is 12.4 Å². The fourth-order valence-corrected chi connectivity index (χ4v) is 8.21. The number of imide groups is 1. The molecule has 7 rings (SSSR count). The number of hydroxylamine groups is 2. The summed E-state index contributed by atoms with van der Waals surface area (Å²) >= 11 is 0. The fourth-order valence-electron chi connectivity index (χ4n) is 8.21. The summed E-state index contributed by atoms with van der Waals surface area (Å²) in [7, 11) is 0. The number of benzene rings is 3. The maximum atomic E-state index is 15.0. The van der Waals surface area contributed by atoms with Gasteiger partial charge in [-0.15, -0.1) is 0 Å².